The molecule has 1 aliphatic heterocycles. The zero-order chi connectivity index (χ0) is 16.9. The molecular weight excluding hydrogens is 302 g/mol. The summed E-state index contributed by atoms with van der Waals surface area (Å²) in [6, 6.07) is 2.26. The van der Waals surface area contributed by atoms with E-state index in [0.717, 1.165) is 17.7 Å². The van der Waals surface area contributed by atoms with Crippen molar-refractivity contribution in [1.82, 2.24) is 0 Å². The molecule has 0 amide bonds. The Morgan fingerprint density at radius 1 is 1.26 bits per heavy atom. The smallest absolute Gasteiger partial charge is 0.187 e. The van der Waals surface area contributed by atoms with Crippen molar-refractivity contribution in [3.8, 4) is 5.75 Å². The number of fused-ring (bicyclic) bond motifs is 2. The Morgan fingerprint density at radius 2 is 1.87 bits per heavy atom. The van der Waals surface area contributed by atoms with E-state index in [2.05, 4.69) is 19.9 Å². The molecule has 5 unspecified atom stereocenters. The molecule has 0 radical (unpaired) electrons. The second-order valence-electron chi connectivity index (χ2n) is 6.97. The number of halogens is 2. The van der Waals surface area contributed by atoms with E-state index in [4.69, 9.17) is 4.74 Å². The molecule has 0 aromatic heterocycles. The minimum atomic E-state index is -0.985. The number of hydrogen-bond acceptors (Lipinski definition) is 3. The minimum Gasteiger partial charge on any atom is -0.503 e. The average molecular weight is 324 g/mol. The fourth-order valence-corrected chi connectivity index (χ4v) is 4.34. The number of aliphatic hydroxyl groups is 1. The summed E-state index contributed by atoms with van der Waals surface area (Å²) in [6.07, 6.45) is 1.64. The van der Waals surface area contributed by atoms with Gasteiger partial charge in [0.25, 0.3) is 0 Å². The third kappa shape index (κ3) is 2.29. The molecule has 1 aromatic carbocycles. The molecule has 1 aliphatic carbocycles. The summed E-state index contributed by atoms with van der Waals surface area (Å²) in [5.74, 6) is -2.71. The van der Waals surface area contributed by atoms with Crippen LogP contribution in [-0.4, -0.2) is 23.4 Å². The number of hydrogen-bond donors (Lipinski definition) is 2. The van der Waals surface area contributed by atoms with E-state index in [1.165, 1.54) is 0 Å². The largest absolute Gasteiger partial charge is 0.503 e. The van der Waals surface area contributed by atoms with E-state index >= 15 is 0 Å². The Hall–Kier alpha value is -1.46. The van der Waals surface area contributed by atoms with Gasteiger partial charge in [0.1, 0.15) is 0 Å². The lowest BCUT2D eigenvalue weighted by molar-refractivity contribution is -0.165. The van der Waals surface area contributed by atoms with Crippen molar-refractivity contribution in [3.05, 3.63) is 41.0 Å². The van der Waals surface area contributed by atoms with Gasteiger partial charge in [-0.3, -0.25) is 0 Å². The van der Waals surface area contributed by atoms with Crippen LogP contribution in [0.5, 0.6) is 5.75 Å². The molecule has 0 spiro atoms. The Morgan fingerprint density at radius 3 is 2.43 bits per heavy atom. The highest BCUT2D eigenvalue weighted by Crippen LogP contribution is 2.56. The summed E-state index contributed by atoms with van der Waals surface area (Å²) in [5.41, 5.74) is 1.12. The molecule has 1 saturated heterocycles. The fraction of sp³-hybridized carbons (Fsp3) is 0.556. The number of aromatic hydroxyl groups is 1. The minimum absolute atomic E-state index is 0.0145. The van der Waals surface area contributed by atoms with E-state index in [0.29, 0.717) is 12.2 Å². The van der Waals surface area contributed by atoms with Crippen molar-refractivity contribution in [2.45, 2.75) is 26.9 Å². The van der Waals surface area contributed by atoms with Crippen LogP contribution in [0.2, 0.25) is 0 Å². The van der Waals surface area contributed by atoms with Gasteiger partial charge >= 0.3 is 0 Å². The van der Waals surface area contributed by atoms with Crippen LogP contribution >= 0.6 is 0 Å². The number of ether oxygens (including phenoxy) is 1. The van der Waals surface area contributed by atoms with Gasteiger partial charge in [-0.05, 0) is 36.5 Å². The Balaban J connectivity index is 2.06. The van der Waals surface area contributed by atoms with Gasteiger partial charge in [0.05, 0.1) is 19.3 Å². The highest BCUT2D eigenvalue weighted by Gasteiger charge is 2.53. The zero-order valence-corrected chi connectivity index (χ0v) is 13.5. The van der Waals surface area contributed by atoms with Crippen LogP contribution in [0.4, 0.5) is 8.78 Å². The SMILES string of the molecule is CC1=CC(C)C2(CO)COC(c3cc(F)c(O)c(F)c3)C1C2C. The highest BCUT2D eigenvalue weighted by atomic mass is 19.1. The van der Waals surface area contributed by atoms with Gasteiger partial charge in [-0.1, -0.05) is 25.5 Å². The second-order valence-corrected chi connectivity index (χ2v) is 6.97. The van der Waals surface area contributed by atoms with Crippen LogP contribution in [0.1, 0.15) is 32.4 Å². The maximum Gasteiger partial charge on any atom is 0.187 e. The van der Waals surface area contributed by atoms with Crippen LogP contribution in [0.25, 0.3) is 0 Å². The summed E-state index contributed by atoms with van der Waals surface area (Å²) in [5, 5.41) is 19.2. The number of phenolic OH excluding ortho intramolecular Hbond substituents is 1. The number of benzene rings is 1. The predicted molar refractivity (Wildman–Crippen MR) is 81.8 cm³/mol. The van der Waals surface area contributed by atoms with Crippen LogP contribution < -0.4 is 0 Å². The van der Waals surface area contributed by atoms with E-state index in [1.807, 2.05) is 6.92 Å². The normalized spacial score (nSPS) is 36.7. The second kappa shape index (κ2) is 5.56. The predicted octanol–water partition coefficient (Wildman–Crippen LogP) is 3.57. The third-order valence-electron chi connectivity index (χ3n) is 5.91. The van der Waals surface area contributed by atoms with Crippen LogP contribution in [0.15, 0.2) is 23.8 Å². The van der Waals surface area contributed by atoms with Crippen LogP contribution in [0, 0.1) is 34.8 Å². The summed E-state index contributed by atoms with van der Waals surface area (Å²) in [7, 11) is 0. The van der Waals surface area contributed by atoms with E-state index in [-0.39, 0.29) is 29.8 Å². The topological polar surface area (TPSA) is 49.7 Å². The van der Waals surface area contributed by atoms with Crippen molar-refractivity contribution >= 4 is 0 Å². The maximum absolute atomic E-state index is 13.7. The first-order valence-electron chi connectivity index (χ1n) is 7.90. The molecule has 2 bridgehead atoms. The first-order chi connectivity index (χ1) is 10.8. The van der Waals surface area contributed by atoms with Gasteiger partial charge < -0.3 is 14.9 Å². The van der Waals surface area contributed by atoms with Gasteiger partial charge in [0.2, 0.25) is 0 Å². The van der Waals surface area contributed by atoms with Gasteiger partial charge in [-0.15, -0.1) is 0 Å². The molecule has 1 fully saturated rings. The number of aliphatic hydroxyl groups excluding tert-OH is 1. The first kappa shape index (κ1) is 16.4. The average Bonchev–Trinajstić information content (AvgIpc) is 2.50. The summed E-state index contributed by atoms with van der Waals surface area (Å²) < 4.78 is 33.4. The van der Waals surface area contributed by atoms with Gasteiger partial charge in [0.15, 0.2) is 17.4 Å². The van der Waals surface area contributed by atoms with Crippen molar-refractivity contribution in [3.63, 3.8) is 0 Å². The molecule has 5 heteroatoms. The lowest BCUT2D eigenvalue weighted by Crippen LogP contribution is -2.53. The molecule has 2 aliphatic rings. The van der Waals surface area contributed by atoms with Crippen molar-refractivity contribution in [2.24, 2.45) is 23.2 Å². The van der Waals surface area contributed by atoms with Crippen LogP contribution in [-0.2, 0) is 4.74 Å². The van der Waals surface area contributed by atoms with Crippen molar-refractivity contribution in [1.29, 1.82) is 0 Å². The zero-order valence-electron chi connectivity index (χ0n) is 13.5. The van der Waals surface area contributed by atoms with E-state index < -0.39 is 23.5 Å². The Kier molecular flexibility index (Phi) is 3.97. The third-order valence-corrected chi connectivity index (χ3v) is 5.91. The first-order valence-corrected chi connectivity index (χ1v) is 7.90. The van der Waals surface area contributed by atoms with E-state index in [9.17, 15) is 19.0 Å². The highest BCUT2D eigenvalue weighted by molar-refractivity contribution is 5.34. The quantitative estimate of drug-likeness (QED) is 0.818. The van der Waals surface area contributed by atoms with Crippen molar-refractivity contribution < 1.29 is 23.7 Å². The van der Waals surface area contributed by atoms with Gasteiger partial charge in [0, 0.05) is 11.3 Å². The fourth-order valence-electron chi connectivity index (χ4n) is 4.34. The van der Waals surface area contributed by atoms with Gasteiger partial charge in [-0.2, -0.15) is 0 Å². The maximum atomic E-state index is 13.7. The number of phenols is 1. The van der Waals surface area contributed by atoms with E-state index in [1.54, 1.807) is 0 Å². The monoisotopic (exact) mass is 324 g/mol. The van der Waals surface area contributed by atoms with Crippen molar-refractivity contribution in [2.75, 3.05) is 13.2 Å². The molecule has 1 heterocycles. The summed E-state index contributed by atoms with van der Waals surface area (Å²) in [6.45, 7) is 6.47. The lowest BCUT2D eigenvalue weighted by Gasteiger charge is -2.55. The van der Waals surface area contributed by atoms with Gasteiger partial charge in [-0.25, -0.2) is 8.78 Å². The molecule has 2 N–H and O–H groups in total. The summed E-state index contributed by atoms with van der Waals surface area (Å²) in [4.78, 5) is 0. The number of rotatable bonds is 2. The Bertz CT molecular complexity index is 635. The molecular formula is C18H22F2O3. The summed E-state index contributed by atoms with van der Waals surface area (Å²) >= 11 is 0. The Labute approximate surface area is 134 Å². The molecule has 0 saturated carbocycles. The number of allylic oxidation sites excluding steroid dienone is 1. The molecule has 23 heavy (non-hydrogen) atoms. The molecule has 126 valence electrons. The molecule has 3 nitrogen and oxygen atoms in total. The molecule has 3 rings (SSSR count). The molecule has 5 atom stereocenters. The molecule has 1 aromatic rings. The lowest BCUT2D eigenvalue weighted by atomic mass is 9.56. The van der Waals surface area contributed by atoms with Crippen LogP contribution in [0.3, 0.4) is 0 Å². The standard InChI is InChI=1S/C18H22F2O3/c1-9-4-10(2)18(7-21)8-23-17(15(9)11(18)3)12-5-13(19)16(22)14(20)6-12/h4-6,10-11,15,17,21-22H,7-8H2,1-3H3.